The molecular weight excluding hydrogens is 374 g/mol. The fraction of sp³-hybridized carbons (Fsp3) is 0.318. The molecule has 2 aromatic carbocycles. The fourth-order valence-electron chi connectivity index (χ4n) is 2.55. The second-order valence-electron chi connectivity index (χ2n) is 6.59. The first kappa shape index (κ1) is 21.9. The zero-order valence-corrected chi connectivity index (χ0v) is 16.9. The second kappa shape index (κ2) is 10.3. The Hall–Kier alpha value is -3.35. The van der Waals surface area contributed by atoms with E-state index in [2.05, 4.69) is 10.1 Å². The molecule has 154 valence electrons. The van der Waals surface area contributed by atoms with Crippen molar-refractivity contribution in [2.45, 2.75) is 26.8 Å². The highest BCUT2D eigenvalue weighted by molar-refractivity contribution is 5.97. The van der Waals surface area contributed by atoms with Crippen molar-refractivity contribution in [3.05, 3.63) is 59.7 Å². The number of amides is 1. The van der Waals surface area contributed by atoms with Crippen molar-refractivity contribution in [2.24, 2.45) is 5.92 Å². The summed E-state index contributed by atoms with van der Waals surface area (Å²) >= 11 is 0. The van der Waals surface area contributed by atoms with Gasteiger partial charge in [0.2, 0.25) is 0 Å². The van der Waals surface area contributed by atoms with Gasteiger partial charge in [0.1, 0.15) is 17.5 Å². The molecule has 0 aliphatic heterocycles. The van der Waals surface area contributed by atoms with E-state index in [9.17, 15) is 14.4 Å². The second-order valence-corrected chi connectivity index (χ2v) is 6.59. The molecule has 29 heavy (non-hydrogen) atoms. The highest BCUT2D eigenvalue weighted by Crippen LogP contribution is 2.16. The maximum atomic E-state index is 12.6. The number of carbonyl (C=O) groups excluding carboxylic acids is 3. The van der Waals surface area contributed by atoms with E-state index >= 15 is 0 Å². The van der Waals surface area contributed by atoms with Crippen LogP contribution in [0.1, 0.15) is 41.5 Å². The van der Waals surface area contributed by atoms with Crippen molar-refractivity contribution in [1.82, 2.24) is 5.32 Å². The maximum absolute atomic E-state index is 12.6. The minimum atomic E-state index is -0.839. The summed E-state index contributed by atoms with van der Waals surface area (Å²) in [6.45, 7) is 6.03. The zero-order valence-electron chi connectivity index (χ0n) is 16.9. The molecule has 1 N–H and O–H groups in total. The molecule has 0 spiro atoms. The first-order chi connectivity index (χ1) is 13.8. The third kappa shape index (κ3) is 6.07. The first-order valence-electron chi connectivity index (χ1n) is 9.29. The lowest BCUT2D eigenvalue weighted by Crippen LogP contribution is -2.46. The molecule has 1 atom stereocenters. The number of benzene rings is 2. The molecule has 2 aromatic rings. The number of methoxy groups -OCH3 is 1. The summed E-state index contributed by atoms with van der Waals surface area (Å²) in [5.74, 6) is -0.716. The van der Waals surface area contributed by atoms with Crippen molar-refractivity contribution in [1.29, 1.82) is 0 Å². The van der Waals surface area contributed by atoms with Crippen LogP contribution < -0.4 is 14.8 Å². The van der Waals surface area contributed by atoms with Gasteiger partial charge in [-0.3, -0.25) is 4.79 Å². The Bertz CT molecular complexity index is 843. The Labute approximate surface area is 170 Å². The summed E-state index contributed by atoms with van der Waals surface area (Å²) in [5, 5.41) is 2.71. The Morgan fingerprint density at radius 2 is 1.45 bits per heavy atom. The summed E-state index contributed by atoms with van der Waals surface area (Å²) in [5.41, 5.74) is 0.755. The maximum Gasteiger partial charge on any atom is 0.337 e. The van der Waals surface area contributed by atoms with E-state index < -0.39 is 18.0 Å². The quantitative estimate of drug-likeness (QED) is 0.541. The number of esters is 2. The van der Waals surface area contributed by atoms with E-state index in [1.54, 1.807) is 24.3 Å². The fourth-order valence-corrected chi connectivity index (χ4v) is 2.55. The molecule has 1 amide bonds. The Morgan fingerprint density at radius 3 is 1.97 bits per heavy atom. The van der Waals surface area contributed by atoms with E-state index in [0.717, 1.165) is 0 Å². The molecule has 0 aromatic heterocycles. The molecule has 0 fully saturated rings. The molecular formula is C22H25NO6. The van der Waals surface area contributed by atoms with Crippen molar-refractivity contribution in [3.63, 3.8) is 0 Å². The van der Waals surface area contributed by atoms with E-state index in [0.29, 0.717) is 23.5 Å². The van der Waals surface area contributed by atoms with Crippen LogP contribution in [-0.4, -0.2) is 37.6 Å². The highest BCUT2D eigenvalue weighted by Gasteiger charge is 2.26. The molecule has 0 aliphatic carbocycles. The third-order valence-corrected chi connectivity index (χ3v) is 4.13. The molecule has 0 saturated heterocycles. The molecule has 0 saturated carbocycles. The van der Waals surface area contributed by atoms with Crippen molar-refractivity contribution in [2.75, 3.05) is 13.7 Å². The Kier molecular flexibility index (Phi) is 7.77. The summed E-state index contributed by atoms with van der Waals surface area (Å²) in [6.07, 6.45) is 0. The van der Waals surface area contributed by atoms with Gasteiger partial charge in [-0.2, -0.15) is 0 Å². The number of hydrogen-bond acceptors (Lipinski definition) is 6. The van der Waals surface area contributed by atoms with Gasteiger partial charge in [0.25, 0.3) is 5.91 Å². The number of rotatable bonds is 8. The summed E-state index contributed by atoms with van der Waals surface area (Å²) < 4.78 is 15.4. The summed E-state index contributed by atoms with van der Waals surface area (Å²) in [7, 11) is 1.29. The molecule has 0 aliphatic rings. The van der Waals surface area contributed by atoms with Gasteiger partial charge in [0.15, 0.2) is 0 Å². The Balaban J connectivity index is 2.05. The van der Waals surface area contributed by atoms with Crippen LogP contribution in [0.2, 0.25) is 0 Å². The van der Waals surface area contributed by atoms with Crippen molar-refractivity contribution >= 4 is 17.8 Å². The predicted molar refractivity (Wildman–Crippen MR) is 107 cm³/mol. The van der Waals surface area contributed by atoms with Crippen LogP contribution in [0.3, 0.4) is 0 Å². The summed E-state index contributed by atoms with van der Waals surface area (Å²) in [4.78, 5) is 36.6. The standard InChI is InChI=1S/C22H25NO6/c1-5-28-17-10-6-15(7-11-17)20(24)23-19(14(2)3)22(26)29-18-12-8-16(9-13-18)21(25)27-4/h6-14,19H,5H2,1-4H3,(H,23,24)/t19-/m0/s1. The highest BCUT2D eigenvalue weighted by atomic mass is 16.5. The molecule has 0 unspecified atom stereocenters. The average Bonchev–Trinajstić information content (AvgIpc) is 2.72. The van der Waals surface area contributed by atoms with Gasteiger partial charge < -0.3 is 19.5 Å². The lowest BCUT2D eigenvalue weighted by Gasteiger charge is -2.21. The molecule has 0 heterocycles. The molecule has 7 heteroatoms. The molecule has 7 nitrogen and oxygen atoms in total. The van der Waals surface area contributed by atoms with Crippen LogP contribution in [0.25, 0.3) is 0 Å². The Morgan fingerprint density at radius 1 is 0.897 bits per heavy atom. The van der Waals surface area contributed by atoms with Crippen LogP contribution in [0.15, 0.2) is 48.5 Å². The normalized spacial score (nSPS) is 11.5. The largest absolute Gasteiger partial charge is 0.494 e. The van der Waals surface area contributed by atoms with Crippen LogP contribution in [-0.2, 0) is 9.53 Å². The van der Waals surface area contributed by atoms with E-state index in [1.807, 2.05) is 20.8 Å². The van der Waals surface area contributed by atoms with Crippen molar-refractivity contribution in [3.8, 4) is 11.5 Å². The molecule has 2 rings (SSSR count). The van der Waals surface area contributed by atoms with E-state index in [-0.39, 0.29) is 17.6 Å². The summed E-state index contributed by atoms with van der Waals surface area (Å²) in [6, 6.07) is 11.8. The van der Waals surface area contributed by atoms with Gasteiger partial charge >= 0.3 is 11.9 Å². The van der Waals surface area contributed by atoms with Gasteiger partial charge in [-0.1, -0.05) is 13.8 Å². The topological polar surface area (TPSA) is 90.9 Å². The number of nitrogens with one attached hydrogen (secondary N) is 1. The van der Waals surface area contributed by atoms with Gasteiger partial charge in [-0.25, -0.2) is 9.59 Å². The molecule has 0 radical (unpaired) electrons. The lowest BCUT2D eigenvalue weighted by atomic mass is 10.0. The van der Waals surface area contributed by atoms with Gasteiger partial charge in [0.05, 0.1) is 19.3 Å². The monoisotopic (exact) mass is 399 g/mol. The van der Waals surface area contributed by atoms with Crippen LogP contribution in [0.5, 0.6) is 11.5 Å². The number of hydrogen-bond donors (Lipinski definition) is 1. The smallest absolute Gasteiger partial charge is 0.337 e. The SMILES string of the molecule is CCOc1ccc(C(=O)N[C@H](C(=O)Oc2ccc(C(=O)OC)cc2)C(C)C)cc1. The van der Waals surface area contributed by atoms with Crippen molar-refractivity contribution < 1.29 is 28.6 Å². The van der Waals surface area contributed by atoms with Crippen LogP contribution >= 0.6 is 0 Å². The first-order valence-corrected chi connectivity index (χ1v) is 9.29. The zero-order chi connectivity index (χ0) is 21.4. The molecule has 0 bridgehead atoms. The lowest BCUT2D eigenvalue weighted by molar-refractivity contribution is -0.137. The predicted octanol–water partition coefficient (Wildman–Crippen LogP) is 3.23. The van der Waals surface area contributed by atoms with E-state index in [1.165, 1.54) is 31.4 Å². The third-order valence-electron chi connectivity index (χ3n) is 4.13. The minimum absolute atomic E-state index is 0.191. The van der Waals surface area contributed by atoms with Gasteiger partial charge in [-0.15, -0.1) is 0 Å². The van der Waals surface area contributed by atoms with Crippen LogP contribution in [0, 0.1) is 5.92 Å². The number of carbonyl (C=O) groups is 3. The van der Waals surface area contributed by atoms with Gasteiger partial charge in [0, 0.05) is 5.56 Å². The average molecular weight is 399 g/mol. The van der Waals surface area contributed by atoms with E-state index in [4.69, 9.17) is 9.47 Å². The van der Waals surface area contributed by atoms with Crippen LogP contribution in [0.4, 0.5) is 0 Å². The van der Waals surface area contributed by atoms with Gasteiger partial charge in [-0.05, 0) is 61.4 Å². The minimum Gasteiger partial charge on any atom is -0.494 e. The number of ether oxygens (including phenoxy) is 3.